The van der Waals surface area contributed by atoms with Gasteiger partial charge in [-0.15, -0.1) is 0 Å². The number of carbonyl (C=O) groups is 1. The van der Waals surface area contributed by atoms with Gasteiger partial charge in [-0.3, -0.25) is 0 Å². The van der Waals surface area contributed by atoms with Gasteiger partial charge < -0.3 is 15.0 Å². The molecule has 2 aromatic carbocycles. The van der Waals surface area contributed by atoms with Gasteiger partial charge >= 0.3 is 5.97 Å². The Morgan fingerprint density at radius 2 is 1.92 bits per heavy atom. The van der Waals surface area contributed by atoms with Crippen LogP contribution in [0.5, 0.6) is 0 Å². The lowest BCUT2D eigenvalue weighted by Crippen LogP contribution is -2.24. The lowest BCUT2D eigenvalue weighted by molar-refractivity contribution is -0.144. The van der Waals surface area contributed by atoms with E-state index in [1.54, 1.807) is 13.0 Å². The zero-order chi connectivity index (χ0) is 16.9. The molecule has 0 fully saturated rings. The molecule has 0 bridgehead atoms. The maximum atomic E-state index is 12.6. The third kappa shape index (κ3) is 3.04. The van der Waals surface area contributed by atoms with Crippen LogP contribution in [0.3, 0.4) is 0 Å². The average molecular weight is 320 g/mol. The molecule has 3 rings (SSSR count). The van der Waals surface area contributed by atoms with E-state index in [2.05, 4.69) is 16.9 Å². The van der Waals surface area contributed by atoms with Gasteiger partial charge in [-0.1, -0.05) is 43.0 Å². The number of benzene rings is 2. The van der Waals surface area contributed by atoms with E-state index in [1.165, 1.54) is 0 Å². The number of anilines is 1. The second-order valence-corrected chi connectivity index (χ2v) is 5.40. The quantitative estimate of drug-likeness (QED) is 0.656. The van der Waals surface area contributed by atoms with E-state index >= 15 is 0 Å². The van der Waals surface area contributed by atoms with E-state index in [0.717, 1.165) is 27.8 Å². The van der Waals surface area contributed by atoms with Crippen molar-refractivity contribution in [1.82, 2.24) is 4.98 Å². The molecule has 0 radical (unpaired) electrons. The molecule has 1 atom stereocenters. The fraction of sp³-hybridized carbons (Fsp3) is 0.150. The highest BCUT2D eigenvalue weighted by atomic mass is 16.5. The summed E-state index contributed by atoms with van der Waals surface area (Å²) in [4.78, 5) is 15.9. The number of para-hydroxylation sites is 2. The minimum Gasteiger partial charge on any atom is -0.464 e. The number of ether oxygens (including phenoxy) is 1. The topological polar surface area (TPSA) is 54.1 Å². The maximum Gasteiger partial charge on any atom is 0.333 e. The fourth-order valence-corrected chi connectivity index (χ4v) is 2.83. The standard InChI is InChI=1S/C20H20N2O2/c1-3-16-18(15-12-8-9-13-17(15)22-16)19(20(23)24-4-2)21-14-10-6-5-7-11-14/h3,5-13,19,21-22H,1,4H2,2H3. The number of hydrogen-bond donors (Lipinski definition) is 2. The molecule has 0 aliphatic heterocycles. The van der Waals surface area contributed by atoms with Crippen molar-refractivity contribution < 1.29 is 9.53 Å². The predicted molar refractivity (Wildman–Crippen MR) is 97.8 cm³/mol. The van der Waals surface area contributed by atoms with Gasteiger partial charge in [0.25, 0.3) is 0 Å². The van der Waals surface area contributed by atoms with E-state index in [4.69, 9.17) is 4.74 Å². The Bertz CT molecular complexity index is 852. The molecule has 0 spiro atoms. The van der Waals surface area contributed by atoms with E-state index in [9.17, 15) is 4.79 Å². The van der Waals surface area contributed by atoms with Crippen LogP contribution in [0.4, 0.5) is 5.69 Å². The largest absolute Gasteiger partial charge is 0.464 e. The molecule has 24 heavy (non-hydrogen) atoms. The molecule has 1 unspecified atom stereocenters. The highest BCUT2D eigenvalue weighted by Crippen LogP contribution is 2.32. The third-order valence-electron chi connectivity index (χ3n) is 3.88. The Morgan fingerprint density at radius 3 is 2.62 bits per heavy atom. The zero-order valence-electron chi connectivity index (χ0n) is 13.6. The van der Waals surface area contributed by atoms with E-state index in [-0.39, 0.29) is 5.97 Å². The van der Waals surface area contributed by atoms with Gasteiger partial charge in [0.2, 0.25) is 0 Å². The monoisotopic (exact) mass is 320 g/mol. The Hall–Kier alpha value is -3.01. The smallest absolute Gasteiger partial charge is 0.333 e. The van der Waals surface area contributed by atoms with E-state index in [0.29, 0.717) is 6.61 Å². The van der Waals surface area contributed by atoms with Gasteiger partial charge in [-0.05, 0) is 31.2 Å². The van der Waals surface area contributed by atoms with Crippen LogP contribution in [0.25, 0.3) is 17.0 Å². The van der Waals surface area contributed by atoms with Gasteiger partial charge in [0.15, 0.2) is 6.04 Å². The number of nitrogens with one attached hydrogen (secondary N) is 2. The molecule has 2 N–H and O–H groups in total. The molecule has 3 aromatic rings. The molecule has 1 heterocycles. The predicted octanol–water partition coefficient (Wildman–Crippen LogP) is 4.53. The molecular formula is C20H20N2O2. The van der Waals surface area contributed by atoms with Gasteiger partial charge in [-0.2, -0.15) is 0 Å². The molecule has 0 aliphatic rings. The first-order chi connectivity index (χ1) is 11.7. The summed E-state index contributed by atoms with van der Waals surface area (Å²) in [5.41, 5.74) is 3.49. The summed E-state index contributed by atoms with van der Waals surface area (Å²) in [6, 6.07) is 16.9. The summed E-state index contributed by atoms with van der Waals surface area (Å²) >= 11 is 0. The number of fused-ring (bicyclic) bond motifs is 1. The summed E-state index contributed by atoms with van der Waals surface area (Å²) in [7, 11) is 0. The Balaban J connectivity index is 2.11. The first-order valence-electron chi connectivity index (χ1n) is 7.96. The lowest BCUT2D eigenvalue weighted by atomic mass is 10.0. The van der Waals surface area contributed by atoms with Crippen LogP contribution in [0.15, 0.2) is 61.2 Å². The summed E-state index contributed by atoms with van der Waals surface area (Å²) in [5.74, 6) is -0.311. The minimum absolute atomic E-state index is 0.311. The number of hydrogen-bond acceptors (Lipinski definition) is 3. The first kappa shape index (κ1) is 15.9. The molecule has 0 saturated heterocycles. The van der Waals surface area contributed by atoms with Crippen molar-refractivity contribution in [3.05, 3.63) is 72.4 Å². The Kier molecular flexibility index (Phi) is 4.66. The van der Waals surface area contributed by atoms with Gasteiger partial charge in [-0.25, -0.2) is 4.79 Å². The second-order valence-electron chi connectivity index (χ2n) is 5.40. The summed E-state index contributed by atoms with van der Waals surface area (Å²) in [6.45, 7) is 6.01. The average Bonchev–Trinajstić information content (AvgIpc) is 2.99. The number of esters is 1. The molecule has 0 saturated carbocycles. The van der Waals surface area contributed by atoms with Crippen molar-refractivity contribution in [2.24, 2.45) is 0 Å². The van der Waals surface area contributed by atoms with Crippen molar-refractivity contribution in [2.75, 3.05) is 11.9 Å². The molecule has 4 nitrogen and oxygen atoms in total. The van der Waals surface area contributed by atoms with Crippen LogP contribution in [0.1, 0.15) is 24.2 Å². The first-order valence-corrected chi connectivity index (χ1v) is 7.96. The van der Waals surface area contributed by atoms with Crippen LogP contribution in [0.2, 0.25) is 0 Å². The third-order valence-corrected chi connectivity index (χ3v) is 3.88. The van der Waals surface area contributed by atoms with E-state index < -0.39 is 6.04 Å². The van der Waals surface area contributed by atoms with Crippen LogP contribution in [-0.2, 0) is 9.53 Å². The highest BCUT2D eigenvalue weighted by molar-refractivity contribution is 5.94. The van der Waals surface area contributed by atoms with Gasteiger partial charge in [0.05, 0.1) is 6.61 Å². The Labute approximate surface area is 141 Å². The van der Waals surface area contributed by atoms with Crippen LogP contribution < -0.4 is 5.32 Å². The summed E-state index contributed by atoms with van der Waals surface area (Å²) in [5, 5.41) is 4.27. The molecular weight excluding hydrogens is 300 g/mol. The zero-order valence-corrected chi connectivity index (χ0v) is 13.6. The van der Waals surface area contributed by atoms with Crippen LogP contribution in [-0.4, -0.2) is 17.6 Å². The minimum atomic E-state index is -0.614. The fourth-order valence-electron chi connectivity index (χ4n) is 2.83. The molecule has 122 valence electrons. The molecule has 4 heteroatoms. The molecule has 0 amide bonds. The number of carbonyl (C=O) groups excluding carboxylic acids is 1. The number of rotatable bonds is 6. The summed E-state index contributed by atoms with van der Waals surface area (Å²) < 4.78 is 5.30. The van der Waals surface area contributed by atoms with Crippen molar-refractivity contribution >= 4 is 28.6 Å². The SMILES string of the molecule is C=Cc1[nH]c2ccccc2c1C(Nc1ccccc1)C(=O)OCC. The number of H-pyrrole nitrogens is 1. The second kappa shape index (κ2) is 7.04. The van der Waals surface area contributed by atoms with Crippen LogP contribution >= 0.6 is 0 Å². The van der Waals surface area contributed by atoms with Crippen molar-refractivity contribution in [3.8, 4) is 0 Å². The maximum absolute atomic E-state index is 12.6. The number of aromatic nitrogens is 1. The van der Waals surface area contributed by atoms with Crippen LogP contribution in [0, 0.1) is 0 Å². The normalized spacial score (nSPS) is 11.9. The number of aromatic amines is 1. The van der Waals surface area contributed by atoms with Crippen molar-refractivity contribution in [3.63, 3.8) is 0 Å². The van der Waals surface area contributed by atoms with E-state index in [1.807, 2.05) is 54.6 Å². The lowest BCUT2D eigenvalue weighted by Gasteiger charge is -2.19. The van der Waals surface area contributed by atoms with Crippen molar-refractivity contribution in [2.45, 2.75) is 13.0 Å². The molecule has 1 aromatic heterocycles. The molecule has 0 aliphatic carbocycles. The van der Waals surface area contributed by atoms with Gasteiger partial charge in [0.1, 0.15) is 0 Å². The summed E-state index contributed by atoms with van der Waals surface area (Å²) in [6.07, 6.45) is 1.73. The van der Waals surface area contributed by atoms with Crippen molar-refractivity contribution in [1.29, 1.82) is 0 Å². The van der Waals surface area contributed by atoms with Gasteiger partial charge in [0, 0.05) is 27.8 Å². The Morgan fingerprint density at radius 1 is 1.21 bits per heavy atom. The highest BCUT2D eigenvalue weighted by Gasteiger charge is 2.27.